The number of fused-ring (bicyclic) bond motifs is 2. The topological polar surface area (TPSA) is 48.7 Å². The lowest BCUT2D eigenvalue weighted by Crippen LogP contribution is -2.52. The fraction of sp³-hybridized carbons (Fsp3) is 0.0870. The molecule has 0 fully saturated rings. The predicted molar refractivity (Wildman–Crippen MR) is 112 cm³/mol. The smallest absolute Gasteiger partial charge is 0.265 e. The molecular formula is C23H21N5+. The summed E-state index contributed by atoms with van der Waals surface area (Å²) in [7, 11) is 1.86. The van der Waals surface area contributed by atoms with Gasteiger partial charge in [0.15, 0.2) is 12.4 Å². The lowest BCUT2D eigenvalue weighted by molar-refractivity contribution is -0.729. The number of pyridine rings is 1. The van der Waals surface area contributed by atoms with Crippen LogP contribution in [0.2, 0.25) is 0 Å². The maximum absolute atomic E-state index is 6.42. The van der Waals surface area contributed by atoms with Gasteiger partial charge in [0.05, 0.1) is 5.56 Å². The van der Waals surface area contributed by atoms with Gasteiger partial charge in [-0.2, -0.15) is 9.67 Å². The summed E-state index contributed by atoms with van der Waals surface area (Å²) in [6.07, 6.45) is 6.38. The number of nitrogens with two attached hydrogens (primary N) is 1. The number of hydrogen-bond acceptors (Lipinski definition) is 4. The molecular weight excluding hydrogens is 346 g/mol. The van der Waals surface area contributed by atoms with Gasteiger partial charge in [-0.15, -0.1) is 0 Å². The molecule has 137 valence electrons. The molecule has 1 aromatic heterocycles. The van der Waals surface area contributed by atoms with Gasteiger partial charge in [-0.05, 0) is 27.6 Å². The third-order valence-corrected chi connectivity index (χ3v) is 5.30. The number of benzene rings is 3. The molecule has 0 aliphatic carbocycles. The summed E-state index contributed by atoms with van der Waals surface area (Å²) in [5.41, 5.74) is 7.62. The summed E-state index contributed by atoms with van der Waals surface area (Å²) >= 11 is 0. The van der Waals surface area contributed by atoms with Crippen LogP contribution in [0.25, 0.3) is 21.5 Å². The third-order valence-electron chi connectivity index (χ3n) is 5.30. The van der Waals surface area contributed by atoms with Crippen molar-refractivity contribution in [3.05, 3.63) is 97.0 Å². The van der Waals surface area contributed by atoms with Crippen LogP contribution in [0.3, 0.4) is 0 Å². The van der Waals surface area contributed by atoms with Crippen LogP contribution in [0.15, 0.2) is 90.3 Å². The van der Waals surface area contributed by atoms with Gasteiger partial charge in [0.1, 0.15) is 6.34 Å². The second-order valence-electron chi connectivity index (χ2n) is 6.95. The Morgan fingerprint density at radius 2 is 1.46 bits per heavy atom. The van der Waals surface area contributed by atoms with Crippen molar-refractivity contribution in [2.45, 2.75) is 6.17 Å². The van der Waals surface area contributed by atoms with E-state index in [9.17, 15) is 0 Å². The molecule has 3 aromatic carbocycles. The Morgan fingerprint density at radius 3 is 2.04 bits per heavy atom. The molecule has 4 aromatic rings. The van der Waals surface area contributed by atoms with Crippen LogP contribution in [0.5, 0.6) is 0 Å². The van der Waals surface area contributed by atoms with Crippen molar-refractivity contribution in [3.63, 3.8) is 0 Å². The highest BCUT2D eigenvalue weighted by Crippen LogP contribution is 2.36. The molecule has 2 heterocycles. The fourth-order valence-corrected chi connectivity index (χ4v) is 3.94. The first-order chi connectivity index (χ1) is 13.7. The van der Waals surface area contributed by atoms with Crippen molar-refractivity contribution in [1.29, 1.82) is 0 Å². The van der Waals surface area contributed by atoms with Gasteiger partial charge in [0, 0.05) is 19.2 Å². The SMILES string of the molecule is CN1N=CN(C(c2c3ccccc3cc3ccccc23)[n+]2ccccc2)[C]1N. The maximum Gasteiger partial charge on any atom is 0.265 e. The van der Waals surface area contributed by atoms with Gasteiger partial charge in [-0.25, -0.2) is 0 Å². The minimum absolute atomic E-state index is 0.161. The molecule has 0 spiro atoms. The molecule has 28 heavy (non-hydrogen) atoms. The molecule has 1 atom stereocenters. The predicted octanol–water partition coefficient (Wildman–Crippen LogP) is 3.42. The Hall–Kier alpha value is -3.44. The lowest BCUT2D eigenvalue weighted by atomic mass is 9.94. The average molecular weight is 367 g/mol. The second kappa shape index (κ2) is 6.62. The van der Waals surface area contributed by atoms with Gasteiger partial charge < -0.3 is 0 Å². The van der Waals surface area contributed by atoms with Crippen LogP contribution in [0, 0.1) is 6.29 Å². The standard InChI is InChI=1S/C23H21N5/c1-26-23(24)28(16-25-26)22(27-13-7-2-8-14-27)21-19-11-5-3-9-17(19)15-18-10-4-6-12-20(18)21/h2-16,22H,24H2,1H3/q+1. The molecule has 0 bridgehead atoms. The van der Waals surface area contributed by atoms with E-state index in [0.29, 0.717) is 6.29 Å². The maximum atomic E-state index is 6.42. The molecule has 5 heteroatoms. The van der Waals surface area contributed by atoms with Gasteiger partial charge >= 0.3 is 0 Å². The van der Waals surface area contributed by atoms with Crippen LogP contribution in [-0.2, 0) is 0 Å². The van der Waals surface area contributed by atoms with Crippen LogP contribution in [0.1, 0.15) is 11.7 Å². The summed E-state index contributed by atoms with van der Waals surface area (Å²) in [5, 5.41) is 10.9. The van der Waals surface area contributed by atoms with E-state index in [1.807, 2.05) is 30.1 Å². The van der Waals surface area contributed by atoms with E-state index < -0.39 is 0 Å². The normalized spacial score (nSPS) is 15.6. The van der Waals surface area contributed by atoms with E-state index in [4.69, 9.17) is 5.73 Å². The first kappa shape index (κ1) is 16.7. The summed E-state index contributed by atoms with van der Waals surface area (Å²) in [5.74, 6) is 0. The van der Waals surface area contributed by atoms with E-state index in [-0.39, 0.29) is 6.17 Å². The molecule has 5 rings (SSSR count). The Balaban J connectivity index is 1.86. The molecule has 5 nitrogen and oxygen atoms in total. The molecule has 0 saturated heterocycles. The van der Waals surface area contributed by atoms with Gasteiger partial charge in [-0.3, -0.25) is 15.6 Å². The molecule has 1 aliphatic heterocycles. The minimum Gasteiger partial charge on any atom is -0.285 e. The van der Waals surface area contributed by atoms with Crippen molar-refractivity contribution in [1.82, 2.24) is 9.91 Å². The molecule has 1 unspecified atom stereocenters. The van der Waals surface area contributed by atoms with Crippen molar-refractivity contribution < 1.29 is 4.57 Å². The number of aromatic nitrogens is 1. The Bertz CT molecular complexity index is 1120. The Kier molecular flexibility index (Phi) is 3.95. The number of nitrogens with zero attached hydrogens (tertiary/aromatic N) is 4. The lowest BCUT2D eigenvalue weighted by Gasteiger charge is -2.28. The zero-order valence-corrected chi connectivity index (χ0v) is 15.6. The minimum atomic E-state index is -0.161. The van der Waals surface area contributed by atoms with Crippen molar-refractivity contribution in [2.75, 3.05) is 7.05 Å². The molecule has 1 aliphatic rings. The summed E-state index contributed by atoms with van der Waals surface area (Å²) in [6.45, 7) is 0. The van der Waals surface area contributed by atoms with Crippen molar-refractivity contribution in [3.8, 4) is 0 Å². The third kappa shape index (κ3) is 2.60. The van der Waals surface area contributed by atoms with Crippen LogP contribution < -0.4 is 10.3 Å². The van der Waals surface area contributed by atoms with Crippen LogP contribution >= 0.6 is 0 Å². The summed E-state index contributed by atoms with van der Waals surface area (Å²) in [4.78, 5) is 2.02. The Morgan fingerprint density at radius 1 is 0.857 bits per heavy atom. The van der Waals surface area contributed by atoms with Gasteiger partial charge in [-0.1, -0.05) is 54.6 Å². The van der Waals surface area contributed by atoms with E-state index in [0.717, 1.165) is 0 Å². The van der Waals surface area contributed by atoms with Crippen molar-refractivity contribution in [2.24, 2.45) is 10.8 Å². The van der Waals surface area contributed by atoms with Crippen LogP contribution in [-0.4, -0.2) is 23.3 Å². The van der Waals surface area contributed by atoms with E-state index in [2.05, 4.69) is 76.7 Å². The van der Waals surface area contributed by atoms with Gasteiger partial charge in [0.2, 0.25) is 6.29 Å². The highest BCUT2D eigenvalue weighted by Gasteiger charge is 2.38. The second-order valence-corrected chi connectivity index (χ2v) is 6.95. The molecule has 0 saturated carbocycles. The average Bonchev–Trinajstić information content (AvgIpc) is 3.07. The quantitative estimate of drug-likeness (QED) is 0.446. The number of hydrogen-bond donors (Lipinski definition) is 1. The van der Waals surface area contributed by atoms with Gasteiger partial charge in [0.25, 0.3) is 6.17 Å². The molecule has 0 amide bonds. The first-order valence-electron chi connectivity index (χ1n) is 9.29. The number of rotatable bonds is 3. The highest BCUT2D eigenvalue weighted by molar-refractivity contribution is 6.02. The Labute approximate surface area is 163 Å². The van der Waals surface area contributed by atoms with E-state index >= 15 is 0 Å². The molecule has 2 N–H and O–H groups in total. The summed E-state index contributed by atoms with van der Waals surface area (Å²) < 4.78 is 2.17. The number of hydrazone groups is 1. The monoisotopic (exact) mass is 367 g/mol. The van der Waals surface area contributed by atoms with E-state index in [1.165, 1.54) is 27.1 Å². The largest absolute Gasteiger partial charge is 0.285 e. The zero-order valence-electron chi connectivity index (χ0n) is 15.6. The zero-order chi connectivity index (χ0) is 19.1. The highest BCUT2D eigenvalue weighted by atomic mass is 15.6. The fourth-order valence-electron chi connectivity index (χ4n) is 3.94. The van der Waals surface area contributed by atoms with Crippen LogP contribution in [0.4, 0.5) is 0 Å². The first-order valence-corrected chi connectivity index (χ1v) is 9.29. The molecule has 1 radical (unpaired) electrons. The van der Waals surface area contributed by atoms with E-state index in [1.54, 1.807) is 11.3 Å². The summed E-state index contributed by atoms with van der Waals surface area (Å²) in [6, 6.07) is 25.4. The van der Waals surface area contributed by atoms with Crippen molar-refractivity contribution >= 4 is 27.9 Å².